The molecule has 17 heavy (non-hydrogen) atoms. The molecule has 0 radical (unpaired) electrons. The van der Waals surface area contributed by atoms with Gasteiger partial charge in [0.25, 0.3) is 0 Å². The molecule has 0 fully saturated rings. The second kappa shape index (κ2) is 5.34. The summed E-state index contributed by atoms with van der Waals surface area (Å²) in [6.07, 6.45) is -4.49. The number of rotatable bonds is 3. The van der Waals surface area contributed by atoms with Gasteiger partial charge in [0.2, 0.25) is 0 Å². The van der Waals surface area contributed by atoms with E-state index in [2.05, 4.69) is 0 Å². The molecular weight excluding hydrogens is 348 g/mol. The van der Waals surface area contributed by atoms with Crippen LogP contribution < -0.4 is 0 Å². The summed E-state index contributed by atoms with van der Waals surface area (Å²) in [5.74, 6) is -0.204. The first-order chi connectivity index (χ1) is 7.70. The number of benzene rings is 1. The van der Waals surface area contributed by atoms with Crippen molar-refractivity contribution in [2.24, 2.45) is 0 Å². The first-order valence-electron chi connectivity index (χ1n) is 4.70. The number of halogens is 4. The molecule has 0 amide bonds. The third-order valence-corrected chi connectivity index (χ3v) is 4.48. The standard InChI is InChI=1S/C11H12F3IO2/c1-7(16)3-8-4-9(11(12,13)14)6-10(5-8)15(2)17/h4-6,17H,3H2,1-2H3. The molecule has 0 unspecified atom stereocenters. The minimum atomic E-state index is -4.45. The molecule has 0 spiro atoms. The Morgan fingerprint density at radius 2 is 1.94 bits per heavy atom. The topological polar surface area (TPSA) is 37.3 Å². The van der Waals surface area contributed by atoms with E-state index in [1.165, 1.54) is 17.9 Å². The van der Waals surface area contributed by atoms with Gasteiger partial charge in [-0.1, -0.05) is 0 Å². The number of hydrogen-bond donors (Lipinski definition) is 1. The number of carbonyl (C=O) groups is 1. The molecule has 0 aliphatic rings. The summed E-state index contributed by atoms with van der Waals surface area (Å²) in [4.78, 5) is 12.5. The molecule has 6 heteroatoms. The van der Waals surface area contributed by atoms with Crippen LogP contribution >= 0.6 is 20.2 Å². The fourth-order valence-electron chi connectivity index (χ4n) is 1.36. The van der Waals surface area contributed by atoms with Crippen LogP contribution in [0.1, 0.15) is 18.1 Å². The van der Waals surface area contributed by atoms with Crippen LogP contribution in [0.15, 0.2) is 18.2 Å². The van der Waals surface area contributed by atoms with Crippen molar-refractivity contribution < 1.29 is 21.4 Å². The van der Waals surface area contributed by atoms with Gasteiger partial charge in [0.05, 0.1) is 0 Å². The quantitative estimate of drug-likeness (QED) is 0.665. The first-order valence-corrected chi connectivity index (χ1v) is 8.90. The molecule has 1 N–H and O–H groups in total. The molecule has 1 aromatic carbocycles. The summed E-state index contributed by atoms with van der Waals surface area (Å²) in [5, 5.41) is 0. The van der Waals surface area contributed by atoms with E-state index in [0.717, 1.165) is 12.1 Å². The molecule has 0 atom stereocenters. The second-order valence-corrected chi connectivity index (χ2v) is 7.44. The number of alkyl halides is 4. The van der Waals surface area contributed by atoms with Crippen molar-refractivity contribution in [2.45, 2.75) is 19.5 Å². The molecule has 0 aliphatic carbocycles. The van der Waals surface area contributed by atoms with Crippen molar-refractivity contribution in [3.63, 3.8) is 0 Å². The van der Waals surface area contributed by atoms with Crippen LogP contribution in [-0.2, 0) is 17.4 Å². The van der Waals surface area contributed by atoms with Gasteiger partial charge in [-0.05, 0) is 0 Å². The maximum absolute atomic E-state index is 12.6. The summed E-state index contributed by atoms with van der Waals surface area (Å²) < 4.78 is 47.6. The van der Waals surface area contributed by atoms with E-state index in [0.29, 0.717) is 9.13 Å². The zero-order valence-electron chi connectivity index (χ0n) is 9.31. The van der Waals surface area contributed by atoms with Gasteiger partial charge in [0, 0.05) is 0 Å². The summed E-state index contributed by atoms with van der Waals surface area (Å²) in [6, 6.07) is 3.42. The molecule has 1 aromatic rings. The van der Waals surface area contributed by atoms with E-state index in [1.807, 2.05) is 0 Å². The van der Waals surface area contributed by atoms with Crippen molar-refractivity contribution in [2.75, 3.05) is 4.93 Å². The number of carbonyl (C=O) groups excluding carboxylic acids is 1. The van der Waals surface area contributed by atoms with Crippen LogP contribution in [0.3, 0.4) is 0 Å². The van der Waals surface area contributed by atoms with Gasteiger partial charge >= 0.3 is 105 Å². The minimum absolute atomic E-state index is 0.0408. The normalized spacial score (nSPS) is 12.5. The Morgan fingerprint density at radius 3 is 2.35 bits per heavy atom. The van der Waals surface area contributed by atoms with E-state index in [4.69, 9.17) is 0 Å². The van der Waals surface area contributed by atoms with E-state index < -0.39 is 32.0 Å². The summed E-state index contributed by atoms with van der Waals surface area (Å²) in [6.45, 7) is 1.32. The number of Topliss-reactive ketones (excluding diaryl/α,β-unsaturated/α-hetero) is 1. The van der Waals surface area contributed by atoms with Crippen molar-refractivity contribution in [3.8, 4) is 0 Å². The maximum atomic E-state index is 12.6. The zero-order valence-corrected chi connectivity index (χ0v) is 11.5. The fourth-order valence-corrected chi connectivity index (χ4v) is 3.00. The van der Waals surface area contributed by atoms with Gasteiger partial charge < -0.3 is 0 Å². The Labute approximate surface area is 105 Å². The van der Waals surface area contributed by atoms with Crippen LogP contribution in [0.4, 0.5) is 13.2 Å². The zero-order chi connectivity index (χ0) is 13.2. The molecule has 0 heterocycles. The predicted octanol–water partition coefficient (Wildman–Crippen LogP) is 3.05. The van der Waals surface area contributed by atoms with Crippen molar-refractivity contribution in [3.05, 3.63) is 32.9 Å². The van der Waals surface area contributed by atoms with Crippen LogP contribution in [0.5, 0.6) is 0 Å². The van der Waals surface area contributed by atoms with Crippen molar-refractivity contribution >= 4 is 26.0 Å². The summed E-state index contributed by atoms with van der Waals surface area (Å²) >= 11 is -2.48. The monoisotopic (exact) mass is 360 g/mol. The van der Waals surface area contributed by atoms with Crippen LogP contribution in [0.2, 0.25) is 0 Å². The van der Waals surface area contributed by atoms with Crippen molar-refractivity contribution in [1.29, 1.82) is 0 Å². The van der Waals surface area contributed by atoms with E-state index >= 15 is 0 Å². The summed E-state index contributed by atoms with van der Waals surface area (Å²) in [7, 11) is 0. The number of ketones is 1. The van der Waals surface area contributed by atoms with Crippen LogP contribution in [0, 0.1) is 3.57 Å². The van der Waals surface area contributed by atoms with E-state index in [9.17, 15) is 21.4 Å². The van der Waals surface area contributed by atoms with Crippen molar-refractivity contribution in [1.82, 2.24) is 0 Å². The van der Waals surface area contributed by atoms with E-state index in [-0.39, 0.29) is 12.2 Å². The van der Waals surface area contributed by atoms with Gasteiger partial charge in [0.1, 0.15) is 0 Å². The average molecular weight is 360 g/mol. The molecular formula is C11H12F3IO2. The molecule has 0 bridgehead atoms. The first kappa shape index (κ1) is 14.4. The van der Waals surface area contributed by atoms with Gasteiger partial charge in [-0.25, -0.2) is 0 Å². The number of hydrogen-bond acceptors (Lipinski definition) is 2. The SMILES string of the molecule is CC(=O)Cc1cc(I(C)O)cc(C(F)(F)F)c1. The second-order valence-electron chi connectivity index (χ2n) is 3.67. The predicted molar refractivity (Wildman–Crippen MR) is 66.7 cm³/mol. The van der Waals surface area contributed by atoms with Gasteiger partial charge in [0.15, 0.2) is 0 Å². The van der Waals surface area contributed by atoms with Crippen LogP contribution in [-0.4, -0.2) is 14.1 Å². The molecule has 2 nitrogen and oxygen atoms in total. The van der Waals surface area contributed by atoms with Crippen LogP contribution in [0.25, 0.3) is 0 Å². The Morgan fingerprint density at radius 1 is 1.35 bits per heavy atom. The Kier molecular flexibility index (Phi) is 4.54. The molecule has 0 saturated heterocycles. The van der Waals surface area contributed by atoms with Gasteiger partial charge in [-0.3, -0.25) is 0 Å². The summed E-state index contributed by atoms with van der Waals surface area (Å²) in [5.41, 5.74) is -0.495. The molecule has 0 aromatic heterocycles. The Hall–Kier alpha value is -0.630. The van der Waals surface area contributed by atoms with E-state index in [1.54, 1.807) is 0 Å². The molecule has 0 saturated carbocycles. The third-order valence-electron chi connectivity index (χ3n) is 2.05. The molecule has 1 rings (SSSR count). The third kappa shape index (κ3) is 4.27. The Balaban J connectivity index is 3.23. The van der Waals surface area contributed by atoms with Gasteiger partial charge in [-0.2, -0.15) is 0 Å². The Bertz CT molecular complexity index is 427. The average Bonchev–Trinajstić information content (AvgIpc) is 2.14. The van der Waals surface area contributed by atoms with Gasteiger partial charge in [-0.15, -0.1) is 0 Å². The molecule has 0 aliphatic heterocycles. The fraction of sp³-hybridized carbons (Fsp3) is 0.364. The molecule has 96 valence electrons.